The van der Waals surface area contributed by atoms with Crippen molar-refractivity contribution in [1.82, 2.24) is 5.32 Å². The minimum absolute atomic E-state index is 0.0102. The predicted molar refractivity (Wildman–Crippen MR) is 173 cm³/mol. The highest BCUT2D eigenvalue weighted by Gasteiger charge is 2.67. The second-order valence-electron chi connectivity index (χ2n) is 16.1. The molecule has 4 fully saturated rings. The Hall–Kier alpha value is -1.58. The van der Waals surface area contributed by atoms with Crippen molar-refractivity contribution in [3.63, 3.8) is 0 Å². The summed E-state index contributed by atoms with van der Waals surface area (Å²) in [4.78, 5) is 13.3. The van der Waals surface area contributed by atoms with Gasteiger partial charge in [0.1, 0.15) is 0 Å². The molecule has 2 unspecified atom stereocenters. The average Bonchev–Trinajstić information content (AvgIpc) is 3.33. The molecule has 0 bridgehead atoms. The number of hydrogen-bond donors (Lipinski definition) is 2. The molecule has 0 radical (unpaired) electrons. The van der Waals surface area contributed by atoms with Crippen molar-refractivity contribution in [1.29, 1.82) is 0 Å². The Balaban J connectivity index is 1.29. The third-order valence-corrected chi connectivity index (χ3v) is 14.3. The van der Waals surface area contributed by atoms with Crippen LogP contribution in [0.3, 0.4) is 0 Å². The van der Waals surface area contributed by atoms with E-state index in [0.29, 0.717) is 33.6 Å². The van der Waals surface area contributed by atoms with Crippen LogP contribution in [0.15, 0.2) is 47.6 Å². The third-order valence-electron chi connectivity index (χ3n) is 14.0. The summed E-state index contributed by atoms with van der Waals surface area (Å²) in [5.74, 6) is 2.55. The van der Waals surface area contributed by atoms with E-state index in [1.54, 1.807) is 11.1 Å². The van der Waals surface area contributed by atoms with Gasteiger partial charge in [0.05, 0.1) is 12.1 Å². The number of aliphatic hydroxyl groups is 1. The van der Waals surface area contributed by atoms with Gasteiger partial charge in [-0.15, -0.1) is 0 Å². The molecule has 5 aliphatic carbocycles. The second-order valence-corrected chi connectivity index (χ2v) is 16.5. The maximum Gasteiger partial charge on any atom is 0.244 e. The first-order valence-electron chi connectivity index (χ1n) is 17.0. The molecule has 1 aromatic carbocycles. The van der Waals surface area contributed by atoms with E-state index < -0.39 is 0 Å². The van der Waals surface area contributed by atoms with Crippen LogP contribution in [0.5, 0.6) is 0 Å². The Kier molecular flexibility index (Phi) is 7.83. The van der Waals surface area contributed by atoms with Crippen LogP contribution in [0.25, 0.3) is 0 Å². The lowest BCUT2D eigenvalue weighted by Crippen LogP contribution is -2.63. The van der Waals surface area contributed by atoms with Crippen LogP contribution in [-0.2, 0) is 4.79 Å². The molecule has 0 aliphatic heterocycles. The van der Waals surface area contributed by atoms with Gasteiger partial charge in [-0.05, 0) is 141 Å². The van der Waals surface area contributed by atoms with Gasteiger partial charge in [-0.1, -0.05) is 75.6 Å². The van der Waals surface area contributed by atoms with Crippen molar-refractivity contribution in [3.8, 4) is 0 Å². The van der Waals surface area contributed by atoms with E-state index in [-0.39, 0.29) is 28.9 Å². The highest BCUT2D eigenvalue weighted by atomic mass is 35.5. The van der Waals surface area contributed by atoms with E-state index in [2.05, 4.69) is 46.0 Å². The van der Waals surface area contributed by atoms with Crippen molar-refractivity contribution >= 4 is 17.5 Å². The fourth-order valence-corrected chi connectivity index (χ4v) is 11.7. The van der Waals surface area contributed by atoms with Gasteiger partial charge in [0.15, 0.2) is 0 Å². The first-order chi connectivity index (χ1) is 19.8. The summed E-state index contributed by atoms with van der Waals surface area (Å²) in [6, 6.07) is 7.68. The Morgan fingerprint density at radius 2 is 1.79 bits per heavy atom. The number of fused-ring (bicyclic) bond motifs is 7. The third kappa shape index (κ3) is 4.66. The van der Waals surface area contributed by atoms with Crippen molar-refractivity contribution in [3.05, 3.63) is 58.1 Å². The largest absolute Gasteiger partial charge is 0.393 e. The van der Waals surface area contributed by atoms with Crippen LogP contribution in [0.1, 0.15) is 124 Å². The molecule has 4 heteroatoms. The lowest BCUT2D eigenvalue weighted by molar-refractivity contribution is -0.198. The number of hydrogen-bond acceptors (Lipinski definition) is 2. The fraction of sp³-hybridized carbons (Fsp3) is 0.711. The summed E-state index contributed by atoms with van der Waals surface area (Å²) in [6.07, 6.45) is 17.2. The average molecular weight is 592 g/mol. The van der Waals surface area contributed by atoms with Crippen LogP contribution in [0.2, 0.25) is 5.02 Å². The zero-order chi connectivity index (χ0) is 30.1. The molecular weight excluding hydrogens is 538 g/mol. The first kappa shape index (κ1) is 30.4. The Morgan fingerprint density at radius 3 is 2.52 bits per heavy atom. The van der Waals surface area contributed by atoms with Crippen LogP contribution in [0.4, 0.5) is 0 Å². The molecule has 42 heavy (non-hydrogen) atoms. The Morgan fingerprint density at radius 1 is 1.00 bits per heavy atom. The molecule has 0 spiro atoms. The second kappa shape index (κ2) is 10.8. The van der Waals surface area contributed by atoms with Gasteiger partial charge in [0.2, 0.25) is 5.91 Å². The SMILES string of the molecule is CC(C)C1=C2[C@H]3CC[C@@H]4[C@@]5(C)CC[C@H](O)CC5CC[C@@]4(C)[C@]3(C)CCC2(/C=C/C(=O)N[C@@H](C)c2cccc(Cl)c2)CC1. The molecule has 5 aliphatic rings. The maximum atomic E-state index is 13.3. The van der Waals surface area contributed by atoms with Gasteiger partial charge in [0.25, 0.3) is 0 Å². The molecule has 3 nitrogen and oxygen atoms in total. The highest BCUT2D eigenvalue weighted by molar-refractivity contribution is 6.30. The quantitative estimate of drug-likeness (QED) is 0.264. The number of carbonyl (C=O) groups excluding carboxylic acids is 1. The van der Waals surface area contributed by atoms with Gasteiger partial charge >= 0.3 is 0 Å². The zero-order valence-electron chi connectivity index (χ0n) is 26.9. The number of nitrogens with one attached hydrogen (secondary N) is 1. The van der Waals surface area contributed by atoms with Crippen LogP contribution in [-0.4, -0.2) is 17.1 Å². The van der Waals surface area contributed by atoms with Gasteiger partial charge in [0, 0.05) is 10.4 Å². The van der Waals surface area contributed by atoms with Crippen molar-refractivity contribution in [2.24, 2.45) is 45.3 Å². The van der Waals surface area contributed by atoms with Gasteiger partial charge in [-0.2, -0.15) is 0 Å². The van der Waals surface area contributed by atoms with Crippen LogP contribution in [0, 0.1) is 45.3 Å². The van der Waals surface area contributed by atoms with Crippen LogP contribution >= 0.6 is 11.6 Å². The van der Waals surface area contributed by atoms with E-state index in [4.69, 9.17) is 11.6 Å². The van der Waals surface area contributed by atoms with E-state index in [9.17, 15) is 9.90 Å². The zero-order valence-corrected chi connectivity index (χ0v) is 27.7. The standard InChI is InChI=1S/C38H54ClNO2/c1-24(2)30-14-18-38(19-15-33(42)40-25(3)26-8-7-9-28(39)22-26)21-20-36(5)31(34(30)38)10-11-32-35(4)16-13-29(41)23-27(35)12-17-37(32,36)6/h7-9,15,19,22,24-25,27,29,31-32,41H,10-14,16-18,20-21,23H2,1-6H3,(H,40,42)/b19-15+/t25-,27?,29-,31+,32+,35-,36+,37+,38?/m0/s1. The fourth-order valence-electron chi connectivity index (χ4n) is 11.5. The lowest BCUT2D eigenvalue weighted by Gasteiger charge is -2.70. The maximum absolute atomic E-state index is 13.3. The number of halogens is 1. The first-order valence-corrected chi connectivity index (χ1v) is 17.4. The van der Waals surface area contributed by atoms with E-state index >= 15 is 0 Å². The van der Waals surface area contributed by atoms with Crippen LogP contribution < -0.4 is 5.32 Å². The van der Waals surface area contributed by atoms with E-state index in [1.807, 2.05) is 37.3 Å². The number of amides is 1. The molecule has 0 aromatic heterocycles. The predicted octanol–water partition coefficient (Wildman–Crippen LogP) is 9.60. The minimum atomic E-state index is -0.0932. The van der Waals surface area contributed by atoms with E-state index in [1.165, 1.54) is 44.9 Å². The highest BCUT2D eigenvalue weighted by Crippen LogP contribution is 2.75. The van der Waals surface area contributed by atoms with Crippen molar-refractivity contribution < 1.29 is 9.90 Å². The molecule has 9 atom stereocenters. The number of benzene rings is 1. The van der Waals surface area contributed by atoms with Gasteiger partial charge in [-0.25, -0.2) is 0 Å². The normalized spacial score (nSPS) is 42.1. The van der Waals surface area contributed by atoms with E-state index in [0.717, 1.165) is 37.2 Å². The van der Waals surface area contributed by atoms with Gasteiger partial charge < -0.3 is 10.4 Å². The number of allylic oxidation sites excluding steroid dienone is 3. The van der Waals surface area contributed by atoms with Crippen molar-refractivity contribution in [2.75, 3.05) is 0 Å². The van der Waals surface area contributed by atoms with Crippen molar-refractivity contribution in [2.45, 2.75) is 124 Å². The molecular formula is C38H54ClNO2. The summed E-state index contributed by atoms with van der Waals surface area (Å²) in [7, 11) is 0. The summed E-state index contributed by atoms with van der Waals surface area (Å²) < 4.78 is 0. The monoisotopic (exact) mass is 591 g/mol. The molecule has 6 rings (SSSR count). The molecule has 1 aromatic rings. The molecule has 1 amide bonds. The summed E-state index contributed by atoms with van der Waals surface area (Å²) in [5, 5.41) is 14.4. The molecule has 0 heterocycles. The molecule has 0 saturated heterocycles. The molecule has 230 valence electrons. The Bertz CT molecular complexity index is 1280. The summed E-state index contributed by atoms with van der Waals surface area (Å²) in [6.45, 7) is 14.8. The smallest absolute Gasteiger partial charge is 0.244 e. The summed E-state index contributed by atoms with van der Waals surface area (Å²) >= 11 is 6.21. The molecule has 4 saturated carbocycles. The molecule has 2 N–H and O–H groups in total. The minimum Gasteiger partial charge on any atom is -0.393 e. The summed E-state index contributed by atoms with van der Waals surface area (Å²) in [5.41, 5.74) is 5.41. The number of aliphatic hydroxyl groups excluding tert-OH is 1. The number of carbonyl (C=O) groups is 1. The number of rotatable bonds is 5. The topological polar surface area (TPSA) is 49.3 Å². The Labute approximate surface area is 260 Å². The van der Waals surface area contributed by atoms with Gasteiger partial charge in [-0.3, -0.25) is 4.79 Å². The lowest BCUT2D eigenvalue weighted by atomic mass is 9.34.